The fourth-order valence-electron chi connectivity index (χ4n) is 4.08. The van der Waals surface area contributed by atoms with Gasteiger partial charge in [-0.15, -0.1) is 0 Å². The van der Waals surface area contributed by atoms with Gasteiger partial charge in [0.15, 0.2) is 10.9 Å². The van der Waals surface area contributed by atoms with Crippen molar-refractivity contribution >= 4 is 32.7 Å². The van der Waals surface area contributed by atoms with Crippen LogP contribution in [0.25, 0.3) is 10.2 Å². The van der Waals surface area contributed by atoms with Gasteiger partial charge in [-0.05, 0) is 36.3 Å². The maximum Gasteiger partial charge on any atom is 0.338 e. The topological polar surface area (TPSA) is 42.4 Å². The summed E-state index contributed by atoms with van der Waals surface area (Å²) in [4.78, 5) is 18.4. The lowest BCUT2D eigenvalue weighted by Crippen LogP contribution is -2.24. The summed E-state index contributed by atoms with van der Waals surface area (Å²) in [5, 5.41) is 0.858. The number of rotatable bonds is 2. The number of esters is 1. The molecule has 2 aliphatic rings. The fourth-order valence-corrected chi connectivity index (χ4v) is 5.11. The normalized spacial score (nSPS) is 26.7. The van der Waals surface area contributed by atoms with Gasteiger partial charge in [0, 0.05) is 13.1 Å². The molecule has 0 amide bonds. The van der Waals surface area contributed by atoms with E-state index in [0.29, 0.717) is 21.5 Å². The summed E-state index contributed by atoms with van der Waals surface area (Å²) in [6.07, 6.45) is 3.85. The summed E-state index contributed by atoms with van der Waals surface area (Å²) in [7, 11) is 1.30. The van der Waals surface area contributed by atoms with Gasteiger partial charge in [-0.1, -0.05) is 24.7 Å². The van der Waals surface area contributed by atoms with E-state index in [1.165, 1.54) is 43.8 Å². The van der Waals surface area contributed by atoms with Gasteiger partial charge in [0.05, 0.1) is 17.4 Å². The summed E-state index contributed by atoms with van der Waals surface area (Å²) in [6, 6.07) is 2.88. The number of hydrogen-bond acceptors (Lipinski definition) is 5. The summed E-state index contributed by atoms with van der Waals surface area (Å²) in [5.74, 6) is -0.273. The first-order valence-corrected chi connectivity index (χ1v) is 8.75. The molecule has 2 fully saturated rings. The lowest BCUT2D eigenvalue weighted by molar-refractivity contribution is 0.0600. The van der Waals surface area contributed by atoms with E-state index in [-0.39, 0.29) is 5.56 Å². The predicted molar refractivity (Wildman–Crippen MR) is 88.6 cm³/mol. The quantitative estimate of drug-likeness (QED) is 0.783. The molecule has 122 valence electrons. The number of methoxy groups -OCH3 is 1. The number of benzene rings is 1. The van der Waals surface area contributed by atoms with Crippen molar-refractivity contribution in [2.75, 3.05) is 25.1 Å². The van der Waals surface area contributed by atoms with E-state index in [0.717, 1.165) is 18.2 Å². The summed E-state index contributed by atoms with van der Waals surface area (Å²) < 4.78 is 19.6. The monoisotopic (exact) mass is 334 g/mol. The Labute approximate surface area is 138 Å². The number of thiazole rings is 1. The van der Waals surface area contributed by atoms with Gasteiger partial charge in [0.2, 0.25) is 0 Å². The number of anilines is 1. The number of carbonyl (C=O) groups excluding carboxylic acids is 1. The van der Waals surface area contributed by atoms with Gasteiger partial charge < -0.3 is 9.64 Å². The molecule has 6 heteroatoms. The smallest absolute Gasteiger partial charge is 0.338 e. The molecule has 4 nitrogen and oxygen atoms in total. The lowest BCUT2D eigenvalue weighted by Gasteiger charge is -2.22. The highest BCUT2D eigenvalue weighted by molar-refractivity contribution is 7.22. The molecule has 0 N–H and O–H groups in total. The Hall–Kier alpha value is -1.69. The highest BCUT2D eigenvalue weighted by Gasteiger charge is 2.46. The van der Waals surface area contributed by atoms with Gasteiger partial charge in [0.1, 0.15) is 5.52 Å². The zero-order valence-corrected chi connectivity index (χ0v) is 14.1. The van der Waals surface area contributed by atoms with Crippen LogP contribution in [0.15, 0.2) is 12.1 Å². The second kappa shape index (κ2) is 5.16. The van der Waals surface area contributed by atoms with Crippen LogP contribution in [0.5, 0.6) is 0 Å². The summed E-state index contributed by atoms with van der Waals surface area (Å²) in [5.41, 5.74) is 0.950. The Morgan fingerprint density at radius 3 is 3.09 bits per heavy atom. The number of ether oxygens (including phenoxy) is 1. The van der Waals surface area contributed by atoms with Crippen molar-refractivity contribution < 1.29 is 13.9 Å². The molecule has 1 saturated heterocycles. The van der Waals surface area contributed by atoms with Crippen LogP contribution in [0.3, 0.4) is 0 Å². The molecule has 1 aliphatic carbocycles. The number of aromatic nitrogens is 1. The van der Waals surface area contributed by atoms with Crippen LogP contribution in [0.2, 0.25) is 0 Å². The third kappa shape index (κ3) is 2.31. The van der Waals surface area contributed by atoms with Crippen LogP contribution in [-0.4, -0.2) is 31.2 Å². The Balaban J connectivity index is 1.70. The van der Waals surface area contributed by atoms with E-state index in [1.807, 2.05) is 0 Å². The highest BCUT2D eigenvalue weighted by Crippen LogP contribution is 2.50. The first-order valence-electron chi connectivity index (χ1n) is 7.93. The summed E-state index contributed by atoms with van der Waals surface area (Å²) in [6.45, 7) is 4.35. The number of halogens is 1. The number of fused-ring (bicyclic) bond motifs is 2. The molecule has 1 aromatic heterocycles. The van der Waals surface area contributed by atoms with Gasteiger partial charge in [-0.25, -0.2) is 14.2 Å². The average Bonchev–Trinajstić information content (AvgIpc) is 3.17. The molecule has 2 aromatic rings. The van der Waals surface area contributed by atoms with E-state index < -0.39 is 11.8 Å². The Kier molecular flexibility index (Phi) is 3.34. The molecule has 1 saturated carbocycles. The molecule has 1 unspecified atom stereocenters. The SMILES string of the molecule is COC(=O)c1cc(F)c2nc(N3C[C@@H]4CCCC4(C)C3)sc2c1. The number of nitrogens with zero attached hydrogens (tertiary/aromatic N) is 2. The van der Waals surface area contributed by atoms with Gasteiger partial charge in [0.25, 0.3) is 0 Å². The fraction of sp³-hybridized carbons (Fsp3) is 0.529. The Bertz CT molecular complexity index is 790. The van der Waals surface area contributed by atoms with Crippen LogP contribution in [0.4, 0.5) is 9.52 Å². The van der Waals surface area contributed by atoms with Gasteiger partial charge in [-0.3, -0.25) is 0 Å². The van der Waals surface area contributed by atoms with Crippen LogP contribution in [-0.2, 0) is 4.74 Å². The minimum atomic E-state index is -0.524. The average molecular weight is 334 g/mol. The van der Waals surface area contributed by atoms with E-state index in [9.17, 15) is 9.18 Å². The lowest BCUT2D eigenvalue weighted by atomic mass is 9.83. The molecule has 0 radical (unpaired) electrons. The zero-order chi connectivity index (χ0) is 16.2. The molecule has 23 heavy (non-hydrogen) atoms. The highest BCUT2D eigenvalue weighted by atomic mass is 32.1. The second-order valence-electron chi connectivity index (χ2n) is 6.92. The predicted octanol–water partition coefficient (Wildman–Crippen LogP) is 3.85. The maximum absolute atomic E-state index is 14.3. The van der Waals surface area contributed by atoms with Crippen molar-refractivity contribution in [3.63, 3.8) is 0 Å². The van der Waals surface area contributed by atoms with Crippen molar-refractivity contribution in [2.45, 2.75) is 26.2 Å². The third-order valence-corrected chi connectivity index (χ3v) is 6.47. The van der Waals surface area contributed by atoms with Crippen LogP contribution >= 0.6 is 11.3 Å². The molecule has 2 atom stereocenters. The van der Waals surface area contributed by atoms with Crippen molar-refractivity contribution in [3.8, 4) is 0 Å². The first kappa shape index (κ1) is 14.9. The molecule has 4 rings (SSSR count). The maximum atomic E-state index is 14.3. The van der Waals surface area contributed by atoms with Gasteiger partial charge in [-0.2, -0.15) is 0 Å². The largest absolute Gasteiger partial charge is 0.465 e. The van der Waals surface area contributed by atoms with E-state index in [1.54, 1.807) is 6.07 Å². The van der Waals surface area contributed by atoms with Crippen molar-refractivity contribution in [2.24, 2.45) is 11.3 Å². The Morgan fingerprint density at radius 2 is 2.35 bits per heavy atom. The molecular formula is C17H19FN2O2S. The molecule has 2 heterocycles. The van der Waals surface area contributed by atoms with E-state index in [4.69, 9.17) is 0 Å². The standard InChI is InChI=1S/C17H19FN2O2S/c1-17-5-3-4-11(17)8-20(9-17)16-19-14-12(18)6-10(15(21)22-2)7-13(14)23-16/h6-7,11H,3-5,8-9H2,1-2H3/t11-,17?/m0/s1. The van der Waals surface area contributed by atoms with Crippen LogP contribution < -0.4 is 4.90 Å². The summed E-state index contributed by atoms with van der Waals surface area (Å²) >= 11 is 1.46. The van der Waals surface area contributed by atoms with Crippen molar-refractivity contribution in [1.29, 1.82) is 0 Å². The number of hydrogen-bond donors (Lipinski definition) is 0. The zero-order valence-electron chi connectivity index (χ0n) is 13.3. The molecular weight excluding hydrogens is 315 g/mol. The van der Waals surface area contributed by atoms with Crippen molar-refractivity contribution in [3.05, 3.63) is 23.5 Å². The molecule has 1 aromatic carbocycles. The van der Waals surface area contributed by atoms with E-state index >= 15 is 0 Å². The van der Waals surface area contributed by atoms with Crippen molar-refractivity contribution in [1.82, 2.24) is 4.98 Å². The first-order chi connectivity index (χ1) is 11.0. The van der Waals surface area contributed by atoms with Gasteiger partial charge >= 0.3 is 5.97 Å². The van der Waals surface area contributed by atoms with Crippen LogP contribution in [0.1, 0.15) is 36.5 Å². The molecule has 0 spiro atoms. The third-order valence-electron chi connectivity index (χ3n) is 5.41. The van der Waals surface area contributed by atoms with E-state index in [2.05, 4.69) is 21.5 Å². The van der Waals surface area contributed by atoms with Crippen LogP contribution in [0, 0.1) is 17.2 Å². The number of carbonyl (C=O) groups is 1. The Morgan fingerprint density at radius 1 is 1.52 bits per heavy atom. The second-order valence-corrected chi connectivity index (χ2v) is 7.93. The molecule has 1 aliphatic heterocycles. The molecule has 0 bridgehead atoms. The minimum absolute atomic E-state index is 0.234. The minimum Gasteiger partial charge on any atom is -0.465 e.